The second kappa shape index (κ2) is 7.35. The lowest BCUT2D eigenvalue weighted by Gasteiger charge is -2.10. The van der Waals surface area contributed by atoms with Crippen LogP contribution in [0.2, 0.25) is 0 Å². The van der Waals surface area contributed by atoms with E-state index in [0.29, 0.717) is 18.5 Å². The summed E-state index contributed by atoms with van der Waals surface area (Å²) in [6, 6.07) is 9.44. The molecule has 130 valence electrons. The number of carbonyl (C=O) groups excluding carboxylic acids is 1. The molecule has 1 aromatic heterocycles. The zero-order chi connectivity index (χ0) is 17.9. The van der Waals surface area contributed by atoms with Gasteiger partial charge in [-0.2, -0.15) is 5.10 Å². The van der Waals surface area contributed by atoms with E-state index in [2.05, 4.69) is 5.10 Å². The van der Waals surface area contributed by atoms with Crippen LogP contribution in [-0.2, 0) is 15.5 Å². The van der Waals surface area contributed by atoms with E-state index in [4.69, 9.17) is 4.74 Å². The molecule has 0 saturated carbocycles. The molecular weight excluding hydrogens is 323 g/mol. The summed E-state index contributed by atoms with van der Waals surface area (Å²) in [4.78, 5) is 12.3. The average molecular weight is 348 g/mol. The van der Waals surface area contributed by atoms with Gasteiger partial charge < -0.3 is 9.30 Å². The zero-order valence-corrected chi connectivity index (χ0v) is 15.8. The summed E-state index contributed by atoms with van der Waals surface area (Å²) in [5.74, 6) is -0.187. The first-order valence-corrected chi connectivity index (χ1v) is 10.9. The van der Waals surface area contributed by atoms with E-state index >= 15 is 0 Å². The third-order valence-corrected chi connectivity index (χ3v) is 4.65. The maximum Gasteiger partial charge on any atom is 0.357 e. The van der Waals surface area contributed by atoms with Crippen LogP contribution in [-0.4, -0.2) is 35.7 Å². The first-order valence-electron chi connectivity index (χ1n) is 8.11. The molecule has 0 saturated heterocycles. The molecule has 0 N–H and O–H groups in total. The molecule has 2 aromatic rings. The van der Waals surface area contributed by atoms with Crippen LogP contribution in [0, 0.1) is 0 Å². The quantitative estimate of drug-likeness (QED) is 0.577. The van der Waals surface area contributed by atoms with Crippen LogP contribution in [0.4, 0.5) is 0 Å². The monoisotopic (exact) mass is 348 g/mol. The lowest BCUT2D eigenvalue weighted by molar-refractivity contribution is 0.0515. The number of esters is 1. The first-order chi connectivity index (χ1) is 11.2. The Morgan fingerprint density at radius 3 is 2.58 bits per heavy atom. The maximum atomic E-state index is 12.3. The van der Waals surface area contributed by atoms with Gasteiger partial charge in [0.1, 0.15) is 0 Å². The van der Waals surface area contributed by atoms with Crippen LogP contribution in [0.1, 0.15) is 48.4 Å². The van der Waals surface area contributed by atoms with Gasteiger partial charge in [0.15, 0.2) is 5.69 Å². The van der Waals surface area contributed by atoms with Crippen molar-refractivity contribution in [1.82, 2.24) is 9.78 Å². The number of rotatable bonds is 6. The molecule has 1 heterocycles. The average Bonchev–Trinajstić information content (AvgIpc) is 2.91. The van der Waals surface area contributed by atoms with Crippen molar-refractivity contribution in [3.8, 4) is 5.69 Å². The molecule has 0 spiro atoms. The minimum absolute atomic E-state index is 0.203. The van der Waals surface area contributed by atoms with Gasteiger partial charge in [-0.1, -0.05) is 26.0 Å². The van der Waals surface area contributed by atoms with Crippen LogP contribution < -0.4 is 0 Å². The molecule has 6 heteroatoms. The lowest BCUT2D eigenvalue weighted by atomic mass is 10.1. The summed E-state index contributed by atoms with van der Waals surface area (Å²) >= 11 is 0. The SMILES string of the molecule is CCOC(=O)c1cc(C(C)C)nn1-c1cccc(CP(C)(C)=O)c1. The van der Waals surface area contributed by atoms with Gasteiger partial charge in [-0.15, -0.1) is 0 Å². The lowest BCUT2D eigenvalue weighted by Crippen LogP contribution is -2.12. The largest absolute Gasteiger partial charge is 0.461 e. The van der Waals surface area contributed by atoms with Crippen molar-refractivity contribution in [3.05, 3.63) is 47.3 Å². The van der Waals surface area contributed by atoms with Crippen LogP contribution in [0.15, 0.2) is 30.3 Å². The van der Waals surface area contributed by atoms with Gasteiger partial charge in [-0.05, 0) is 49.9 Å². The highest BCUT2D eigenvalue weighted by Gasteiger charge is 2.19. The van der Waals surface area contributed by atoms with Gasteiger partial charge >= 0.3 is 5.97 Å². The molecule has 0 radical (unpaired) electrons. The molecule has 24 heavy (non-hydrogen) atoms. The Labute approximate surface area is 143 Å². The summed E-state index contributed by atoms with van der Waals surface area (Å²) in [5.41, 5.74) is 2.99. The van der Waals surface area contributed by atoms with Crippen molar-refractivity contribution >= 4 is 13.1 Å². The Morgan fingerprint density at radius 1 is 1.29 bits per heavy atom. The van der Waals surface area contributed by atoms with E-state index in [0.717, 1.165) is 16.9 Å². The predicted octanol–water partition coefficient (Wildman–Crippen LogP) is 4.30. The fraction of sp³-hybridized carbons (Fsp3) is 0.444. The highest BCUT2D eigenvalue weighted by atomic mass is 31.2. The number of nitrogens with zero attached hydrogens (tertiary/aromatic N) is 2. The molecule has 0 amide bonds. The molecule has 1 aromatic carbocycles. The highest BCUT2D eigenvalue weighted by Crippen LogP contribution is 2.40. The summed E-state index contributed by atoms with van der Waals surface area (Å²) < 4.78 is 18.9. The fourth-order valence-corrected chi connectivity index (χ4v) is 3.53. The first kappa shape index (κ1) is 18.5. The summed E-state index contributed by atoms with van der Waals surface area (Å²) in [6.45, 7) is 9.70. The number of aromatic nitrogens is 2. The summed E-state index contributed by atoms with van der Waals surface area (Å²) in [5, 5.41) is 4.57. The number of hydrogen-bond acceptors (Lipinski definition) is 4. The second-order valence-electron chi connectivity index (χ2n) is 6.64. The van der Waals surface area contributed by atoms with Gasteiger partial charge in [0, 0.05) is 6.16 Å². The topological polar surface area (TPSA) is 61.2 Å². The molecular formula is C18H25N2O3P. The summed E-state index contributed by atoms with van der Waals surface area (Å²) in [6.07, 6.45) is 0.522. The Balaban J connectivity index is 2.49. The van der Waals surface area contributed by atoms with Gasteiger partial charge in [-0.25, -0.2) is 9.48 Å². The molecule has 0 fully saturated rings. The molecule has 5 nitrogen and oxygen atoms in total. The Kier molecular flexibility index (Phi) is 5.66. The normalized spacial score (nSPS) is 11.8. The van der Waals surface area contributed by atoms with Crippen molar-refractivity contribution in [2.45, 2.75) is 32.9 Å². The van der Waals surface area contributed by atoms with Gasteiger partial charge in [-0.3, -0.25) is 0 Å². The number of ether oxygens (including phenoxy) is 1. The van der Waals surface area contributed by atoms with Crippen LogP contribution in [0.3, 0.4) is 0 Å². The Hall–Kier alpha value is -1.87. The number of carbonyl (C=O) groups is 1. The van der Waals surface area contributed by atoms with Crippen molar-refractivity contribution in [1.29, 1.82) is 0 Å². The van der Waals surface area contributed by atoms with Crippen LogP contribution in [0.5, 0.6) is 0 Å². The van der Waals surface area contributed by atoms with Gasteiger partial charge in [0.2, 0.25) is 0 Å². The van der Waals surface area contributed by atoms with Crippen LogP contribution in [0.25, 0.3) is 5.69 Å². The highest BCUT2D eigenvalue weighted by molar-refractivity contribution is 7.61. The Bertz CT molecular complexity index is 774. The smallest absolute Gasteiger partial charge is 0.357 e. The molecule has 0 aliphatic rings. The molecule has 0 atom stereocenters. The standard InChI is InChI=1S/C18H25N2O3P/c1-6-23-18(21)17-11-16(13(2)3)19-20(17)15-9-7-8-14(10-15)12-24(4,5)22/h7-11,13H,6,12H2,1-5H3. The fourth-order valence-electron chi connectivity index (χ4n) is 2.46. The van der Waals surface area contributed by atoms with E-state index in [1.165, 1.54) is 0 Å². The van der Waals surface area contributed by atoms with Gasteiger partial charge in [0.25, 0.3) is 0 Å². The number of benzene rings is 1. The number of hydrogen-bond donors (Lipinski definition) is 0. The van der Waals surface area contributed by atoms with E-state index < -0.39 is 7.14 Å². The van der Waals surface area contributed by atoms with Crippen molar-refractivity contribution in [3.63, 3.8) is 0 Å². The van der Waals surface area contributed by atoms with Crippen molar-refractivity contribution in [2.24, 2.45) is 0 Å². The van der Waals surface area contributed by atoms with Gasteiger partial charge in [0.05, 0.1) is 25.1 Å². The third-order valence-electron chi connectivity index (χ3n) is 3.52. The minimum atomic E-state index is -2.17. The van der Waals surface area contributed by atoms with E-state index in [1.54, 1.807) is 31.0 Å². The summed E-state index contributed by atoms with van der Waals surface area (Å²) in [7, 11) is -2.17. The van der Waals surface area contributed by atoms with E-state index in [-0.39, 0.29) is 11.9 Å². The second-order valence-corrected chi connectivity index (χ2v) is 10.1. The van der Waals surface area contributed by atoms with Crippen molar-refractivity contribution in [2.75, 3.05) is 19.9 Å². The zero-order valence-electron chi connectivity index (χ0n) is 14.9. The third kappa shape index (κ3) is 4.57. The Morgan fingerprint density at radius 2 is 2.00 bits per heavy atom. The minimum Gasteiger partial charge on any atom is -0.461 e. The molecule has 0 aliphatic carbocycles. The maximum absolute atomic E-state index is 12.3. The van der Waals surface area contributed by atoms with Crippen molar-refractivity contribution < 1.29 is 14.1 Å². The molecule has 0 aliphatic heterocycles. The van der Waals surface area contributed by atoms with E-state index in [9.17, 15) is 9.36 Å². The molecule has 0 bridgehead atoms. The molecule has 0 unspecified atom stereocenters. The predicted molar refractivity (Wildman–Crippen MR) is 96.8 cm³/mol. The molecule has 2 rings (SSSR count). The van der Waals surface area contributed by atoms with E-state index in [1.807, 2.05) is 38.1 Å². The van der Waals surface area contributed by atoms with Crippen LogP contribution >= 0.6 is 7.14 Å².